The van der Waals surface area contributed by atoms with Crippen LogP contribution in [0.5, 0.6) is 5.75 Å². The van der Waals surface area contributed by atoms with Gasteiger partial charge in [-0.1, -0.05) is 0 Å². The molecular formula is C19H20N4O3. The fourth-order valence-corrected chi connectivity index (χ4v) is 2.65. The van der Waals surface area contributed by atoms with Crippen molar-refractivity contribution in [2.45, 2.75) is 13.0 Å². The average molecular weight is 352 g/mol. The summed E-state index contributed by atoms with van der Waals surface area (Å²) in [5, 5.41) is 10.7. The molecule has 0 aliphatic carbocycles. The smallest absolute Gasteiger partial charge is 0.251 e. The lowest BCUT2D eigenvalue weighted by Gasteiger charge is -2.07. The molecule has 0 aliphatic heterocycles. The van der Waals surface area contributed by atoms with Gasteiger partial charge in [0.2, 0.25) is 5.91 Å². The number of ether oxygens (including phenoxy) is 1. The largest absolute Gasteiger partial charge is 0.497 e. The summed E-state index contributed by atoms with van der Waals surface area (Å²) >= 11 is 0. The number of fused-ring (bicyclic) bond motifs is 1. The van der Waals surface area contributed by atoms with E-state index in [1.54, 1.807) is 49.3 Å². The van der Waals surface area contributed by atoms with E-state index in [0.29, 0.717) is 24.2 Å². The number of aryl methyl sites for hydroxylation is 1. The van der Waals surface area contributed by atoms with Gasteiger partial charge < -0.3 is 15.4 Å². The first-order valence-corrected chi connectivity index (χ1v) is 8.22. The molecular weight excluding hydrogens is 332 g/mol. The van der Waals surface area contributed by atoms with Crippen LogP contribution < -0.4 is 15.4 Å². The summed E-state index contributed by atoms with van der Waals surface area (Å²) in [5.41, 5.74) is 2.15. The van der Waals surface area contributed by atoms with Crippen molar-refractivity contribution in [2.24, 2.45) is 0 Å². The van der Waals surface area contributed by atoms with Crippen LogP contribution >= 0.6 is 0 Å². The van der Waals surface area contributed by atoms with Crippen molar-refractivity contribution in [3.05, 3.63) is 54.2 Å². The van der Waals surface area contributed by atoms with Crippen molar-refractivity contribution in [2.75, 3.05) is 19.5 Å². The Morgan fingerprint density at radius 3 is 2.62 bits per heavy atom. The zero-order valence-corrected chi connectivity index (χ0v) is 14.7. The van der Waals surface area contributed by atoms with Crippen LogP contribution in [-0.4, -0.2) is 35.8 Å². The van der Waals surface area contributed by atoms with Crippen molar-refractivity contribution in [1.82, 2.24) is 15.1 Å². The van der Waals surface area contributed by atoms with E-state index in [-0.39, 0.29) is 11.8 Å². The fourth-order valence-electron chi connectivity index (χ4n) is 2.65. The Morgan fingerprint density at radius 2 is 1.92 bits per heavy atom. The van der Waals surface area contributed by atoms with Crippen LogP contribution in [-0.2, 0) is 11.3 Å². The van der Waals surface area contributed by atoms with E-state index >= 15 is 0 Å². The number of hydrogen-bond donors (Lipinski definition) is 2. The third-order valence-corrected chi connectivity index (χ3v) is 4.06. The highest BCUT2D eigenvalue weighted by molar-refractivity contribution is 5.95. The highest BCUT2D eigenvalue weighted by Gasteiger charge is 2.08. The number of anilines is 1. The van der Waals surface area contributed by atoms with Crippen molar-refractivity contribution < 1.29 is 14.3 Å². The molecule has 2 aromatic carbocycles. The first-order valence-electron chi connectivity index (χ1n) is 8.22. The second-order valence-corrected chi connectivity index (χ2v) is 5.75. The number of amides is 2. The molecule has 3 aromatic rings. The number of nitrogens with zero attached hydrogens (tertiary/aromatic N) is 2. The Morgan fingerprint density at radius 1 is 1.15 bits per heavy atom. The zero-order chi connectivity index (χ0) is 18.5. The van der Waals surface area contributed by atoms with Crippen LogP contribution in [0.4, 0.5) is 5.69 Å². The minimum atomic E-state index is -0.162. The summed E-state index contributed by atoms with van der Waals surface area (Å²) < 4.78 is 6.99. The molecule has 7 nitrogen and oxygen atoms in total. The SMILES string of the molecule is CNC(=O)c1ccc(NC(=O)CCn2ncc3cc(OC)ccc32)cc1. The second kappa shape index (κ2) is 7.69. The molecule has 26 heavy (non-hydrogen) atoms. The van der Waals surface area contributed by atoms with Gasteiger partial charge in [0.05, 0.1) is 25.4 Å². The monoisotopic (exact) mass is 352 g/mol. The van der Waals surface area contributed by atoms with Crippen LogP contribution in [0.3, 0.4) is 0 Å². The van der Waals surface area contributed by atoms with Gasteiger partial charge in [-0.05, 0) is 42.5 Å². The van der Waals surface area contributed by atoms with E-state index in [0.717, 1.165) is 16.7 Å². The standard InChI is InChI=1S/C19H20N4O3/c1-20-19(25)13-3-5-15(6-4-13)22-18(24)9-10-23-17-8-7-16(26-2)11-14(17)12-21-23/h3-8,11-12H,9-10H2,1-2H3,(H,20,25)(H,22,24). The third-order valence-electron chi connectivity index (χ3n) is 4.06. The molecule has 0 bridgehead atoms. The summed E-state index contributed by atoms with van der Waals surface area (Å²) in [6.45, 7) is 0.470. The molecule has 0 atom stereocenters. The molecule has 134 valence electrons. The molecule has 0 saturated carbocycles. The van der Waals surface area contributed by atoms with Crippen molar-refractivity contribution >= 4 is 28.4 Å². The summed E-state index contributed by atoms with van der Waals surface area (Å²) in [5.74, 6) is 0.495. The Hall–Kier alpha value is -3.35. The highest BCUT2D eigenvalue weighted by atomic mass is 16.5. The lowest BCUT2D eigenvalue weighted by Crippen LogP contribution is -2.18. The molecule has 1 heterocycles. The number of benzene rings is 2. The molecule has 3 rings (SSSR count). The topological polar surface area (TPSA) is 85.3 Å². The number of carbonyl (C=O) groups is 2. The highest BCUT2D eigenvalue weighted by Crippen LogP contribution is 2.20. The molecule has 0 radical (unpaired) electrons. The van der Waals surface area contributed by atoms with E-state index in [1.165, 1.54) is 0 Å². The van der Waals surface area contributed by atoms with Gasteiger partial charge in [-0.2, -0.15) is 5.10 Å². The molecule has 2 amide bonds. The minimum Gasteiger partial charge on any atom is -0.497 e. The summed E-state index contributed by atoms with van der Waals surface area (Å²) in [7, 11) is 3.20. The van der Waals surface area contributed by atoms with Gasteiger partial charge in [-0.3, -0.25) is 14.3 Å². The summed E-state index contributed by atoms with van der Waals surface area (Å²) in [4.78, 5) is 23.7. The maximum atomic E-state index is 12.2. The molecule has 0 spiro atoms. The predicted molar refractivity (Wildman–Crippen MR) is 99.4 cm³/mol. The quantitative estimate of drug-likeness (QED) is 0.713. The van der Waals surface area contributed by atoms with Gasteiger partial charge in [-0.15, -0.1) is 0 Å². The third kappa shape index (κ3) is 3.83. The van der Waals surface area contributed by atoms with Crippen LogP contribution in [0.1, 0.15) is 16.8 Å². The first kappa shape index (κ1) is 17.5. The predicted octanol–water partition coefficient (Wildman–Crippen LogP) is 2.43. The Labute approximate surface area is 151 Å². The van der Waals surface area contributed by atoms with E-state index in [9.17, 15) is 9.59 Å². The van der Waals surface area contributed by atoms with Crippen LogP contribution in [0.2, 0.25) is 0 Å². The van der Waals surface area contributed by atoms with Gasteiger partial charge in [-0.25, -0.2) is 0 Å². The second-order valence-electron chi connectivity index (χ2n) is 5.75. The first-order chi connectivity index (χ1) is 12.6. The Bertz CT molecular complexity index is 932. The van der Waals surface area contributed by atoms with Crippen molar-refractivity contribution in [3.63, 3.8) is 0 Å². The van der Waals surface area contributed by atoms with Crippen LogP contribution in [0, 0.1) is 0 Å². The maximum Gasteiger partial charge on any atom is 0.251 e. The van der Waals surface area contributed by atoms with E-state index in [4.69, 9.17) is 4.74 Å². The Kier molecular flexibility index (Phi) is 5.17. The number of methoxy groups -OCH3 is 1. The van der Waals surface area contributed by atoms with Gasteiger partial charge in [0.1, 0.15) is 5.75 Å². The van der Waals surface area contributed by atoms with Crippen molar-refractivity contribution in [3.8, 4) is 5.75 Å². The number of hydrogen-bond acceptors (Lipinski definition) is 4. The number of nitrogens with one attached hydrogen (secondary N) is 2. The zero-order valence-electron chi connectivity index (χ0n) is 14.7. The van der Waals surface area contributed by atoms with Gasteiger partial charge in [0, 0.05) is 30.1 Å². The number of carbonyl (C=O) groups excluding carboxylic acids is 2. The van der Waals surface area contributed by atoms with Crippen LogP contribution in [0.25, 0.3) is 10.9 Å². The maximum absolute atomic E-state index is 12.2. The lowest BCUT2D eigenvalue weighted by molar-refractivity contribution is -0.116. The minimum absolute atomic E-state index is 0.116. The molecule has 0 saturated heterocycles. The molecule has 0 aliphatic rings. The van der Waals surface area contributed by atoms with Gasteiger partial charge in [0.25, 0.3) is 5.91 Å². The van der Waals surface area contributed by atoms with E-state index in [1.807, 2.05) is 18.2 Å². The lowest BCUT2D eigenvalue weighted by atomic mass is 10.2. The Balaban J connectivity index is 1.60. The van der Waals surface area contributed by atoms with E-state index in [2.05, 4.69) is 15.7 Å². The average Bonchev–Trinajstić information content (AvgIpc) is 3.08. The van der Waals surface area contributed by atoms with Crippen molar-refractivity contribution in [1.29, 1.82) is 0 Å². The summed E-state index contributed by atoms with van der Waals surface area (Å²) in [6, 6.07) is 12.5. The molecule has 0 unspecified atom stereocenters. The fraction of sp³-hybridized carbons (Fsp3) is 0.211. The normalized spacial score (nSPS) is 10.5. The number of aromatic nitrogens is 2. The number of rotatable bonds is 6. The molecule has 7 heteroatoms. The van der Waals surface area contributed by atoms with Gasteiger partial charge in [0.15, 0.2) is 0 Å². The molecule has 0 fully saturated rings. The molecule has 1 aromatic heterocycles. The van der Waals surface area contributed by atoms with E-state index < -0.39 is 0 Å². The summed E-state index contributed by atoms with van der Waals surface area (Å²) in [6.07, 6.45) is 2.05. The van der Waals surface area contributed by atoms with Gasteiger partial charge >= 0.3 is 0 Å². The van der Waals surface area contributed by atoms with Crippen LogP contribution in [0.15, 0.2) is 48.7 Å². The molecule has 2 N–H and O–H groups in total.